The second-order valence-electron chi connectivity index (χ2n) is 13.3. The molecule has 49 heavy (non-hydrogen) atoms. The Morgan fingerprint density at radius 3 is 1.41 bits per heavy atom. The number of ether oxygens (including phenoxy) is 2. The van der Waals surface area contributed by atoms with Crippen LogP contribution in [0.2, 0.25) is 0 Å². The summed E-state index contributed by atoms with van der Waals surface area (Å²) in [5.41, 5.74) is 0. The molecule has 0 aliphatic rings. The lowest BCUT2D eigenvalue weighted by Crippen LogP contribution is -2.29. The van der Waals surface area contributed by atoms with Crippen LogP contribution < -0.4 is 0 Å². The van der Waals surface area contributed by atoms with Crippen molar-refractivity contribution in [2.24, 2.45) is 0 Å². The number of carbonyl (C=O) groups is 2. The van der Waals surface area contributed by atoms with Crippen molar-refractivity contribution in [3.05, 3.63) is 36.5 Å². The Bertz CT molecular complexity index is 895. The number of hydrogen-bond acceptors (Lipinski definition) is 6. The van der Waals surface area contributed by atoms with Gasteiger partial charge in [-0.1, -0.05) is 159 Å². The Labute approximate surface area is 300 Å². The van der Waals surface area contributed by atoms with Gasteiger partial charge in [0.1, 0.15) is 6.61 Å². The Balaban J connectivity index is 3.98. The summed E-state index contributed by atoms with van der Waals surface area (Å²) in [6, 6.07) is 0. The first-order valence-corrected chi connectivity index (χ1v) is 21.3. The molecule has 9 heteroatoms. The van der Waals surface area contributed by atoms with Gasteiger partial charge < -0.3 is 19.3 Å². The molecule has 0 aromatic carbocycles. The van der Waals surface area contributed by atoms with E-state index < -0.39 is 32.5 Å². The van der Waals surface area contributed by atoms with E-state index in [-0.39, 0.29) is 19.4 Å². The lowest BCUT2D eigenvalue weighted by atomic mass is 10.0. The average molecular weight is 713 g/mol. The molecule has 0 saturated heterocycles. The van der Waals surface area contributed by atoms with E-state index in [1.165, 1.54) is 89.9 Å². The third kappa shape index (κ3) is 38.9. The molecular formula is C40H73O8P. The monoisotopic (exact) mass is 713 g/mol. The summed E-state index contributed by atoms with van der Waals surface area (Å²) in [7, 11) is -4.75. The summed E-state index contributed by atoms with van der Waals surface area (Å²) in [4.78, 5) is 42.7. The molecule has 0 fully saturated rings. The van der Waals surface area contributed by atoms with Gasteiger partial charge in [0.05, 0.1) is 6.61 Å². The van der Waals surface area contributed by atoms with Crippen LogP contribution in [-0.4, -0.2) is 41.0 Å². The molecular weight excluding hydrogens is 639 g/mol. The molecule has 0 radical (unpaired) electrons. The van der Waals surface area contributed by atoms with Gasteiger partial charge in [0, 0.05) is 12.8 Å². The van der Waals surface area contributed by atoms with Crippen molar-refractivity contribution in [2.75, 3.05) is 13.2 Å². The number of hydrogen-bond donors (Lipinski definition) is 2. The van der Waals surface area contributed by atoms with Crippen LogP contribution in [0.25, 0.3) is 0 Å². The van der Waals surface area contributed by atoms with Crippen LogP contribution in [0.4, 0.5) is 0 Å². The second kappa shape index (κ2) is 36.1. The number of phosphoric ester groups is 1. The van der Waals surface area contributed by atoms with Gasteiger partial charge in [0.2, 0.25) is 0 Å². The summed E-state index contributed by atoms with van der Waals surface area (Å²) in [6.45, 7) is 3.64. The van der Waals surface area contributed by atoms with Gasteiger partial charge in [-0.05, 0) is 51.4 Å². The molecule has 0 aromatic heterocycles. The maximum Gasteiger partial charge on any atom is 0.469 e. The molecule has 0 aromatic rings. The van der Waals surface area contributed by atoms with E-state index in [0.29, 0.717) is 12.8 Å². The van der Waals surface area contributed by atoms with Crippen molar-refractivity contribution in [3.63, 3.8) is 0 Å². The highest BCUT2D eigenvalue weighted by Crippen LogP contribution is 2.36. The van der Waals surface area contributed by atoms with Crippen LogP contribution in [0, 0.1) is 0 Å². The van der Waals surface area contributed by atoms with Crippen LogP contribution in [0.1, 0.15) is 187 Å². The predicted molar refractivity (Wildman–Crippen MR) is 202 cm³/mol. The van der Waals surface area contributed by atoms with Crippen LogP contribution in [-0.2, 0) is 28.2 Å². The first-order valence-electron chi connectivity index (χ1n) is 19.8. The summed E-state index contributed by atoms with van der Waals surface area (Å²) >= 11 is 0. The van der Waals surface area contributed by atoms with Crippen molar-refractivity contribution in [1.29, 1.82) is 0 Å². The third-order valence-electron chi connectivity index (χ3n) is 8.41. The van der Waals surface area contributed by atoms with Crippen molar-refractivity contribution in [1.82, 2.24) is 0 Å². The number of unbranched alkanes of at least 4 members (excludes halogenated alkanes) is 20. The fourth-order valence-corrected chi connectivity index (χ4v) is 5.80. The molecule has 8 nitrogen and oxygen atoms in total. The highest BCUT2D eigenvalue weighted by molar-refractivity contribution is 7.46. The smallest absolute Gasteiger partial charge is 0.462 e. The minimum absolute atomic E-state index is 0.209. The van der Waals surface area contributed by atoms with Crippen molar-refractivity contribution in [3.8, 4) is 0 Å². The molecule has 0 saturated carbocycles. The van der Waals surface area contributed by atoms with E-state index in [4.69, 9.17) is 19.3 Å². The number of rotatable bonds is 36. The fraction of sp³-hybridized carbons (Fsp3) is 0.800. The average Bonchev–Trinajstić information content (AvgIpc) is 3.07. The normalized spacial score (nSPS) is 12.8. The number of carbonyl (C=O) groups excluding carboxylic acids is 2. The molecule has 1 atom stereocenters. The van der Waals surface area contributed by atoms with Gasteiger partial charge in [-0.15, -0.1) is 0 Å². The molecule has 0 aliphatic heterocycles. The highest BCUT2D eigenvalue weighted by Gasteiger charge is 2.22. The standard InChI is InChI=1S/C40H73O8P/c1-3-5-7-9-11-13-15-17-19-20-21-23-24-26-28-30-32-34-39(41)46-36-38(37-47-49(43,44)45)48-40(42)35-33-31-29-27-25-22-18-16-14-12-10-8-6-4-2/h11,13,17,19,21,23,38H,3-10,12,14-16,18,20,22,24-37H2,1-2H3,(H2,43,44,45)/b13-11-,19-17-,23-21-/t38-/m1/s1. The molecule has 0 amide bonds. The molecule has 0 bridgehead atoms. The zero-order valence-electron chi connectivity index (χ0n) is 31.3. The van der Waals surface area contributed by atoms with Crippen LogP contribution in [0.15, 0.2) is 36.5 Å². The van der Waals surface area contributed by atoms with Gasteiger partial charge in [0.25, 0.3) is 0 Å². The van der Waals surface area contributed by atoms with Crippen LogP contribution in [0.5, 0.6) is 0 Å². The summed E-state index contributed by atoms with van der Waals surface area (Å²) in [6.07, 6.45) is 41.4. The maximum atomic E-state index is 12.4. The Kier molecular flexibility index (Phi) is 34.8. The number of phosphoric acid groups is 1. The quantitative estimate of drug-likeness (QED) is 0.0285. The molecule has 0 spiro atoms. The van der Waals surface area contributed by atoms with Gasteiger partial charge in [0.15, 0.2) is 6.10 Å². The maximum absolute atomic E-state index is 12.4. The fourth-order valence-electron chi connectivity index (χ4n) is 5.44. The summed E-state index contributed by atoms with van der Waals surface area (Å²) in [5, 5.41) is 0. The van der Waals surface area contributed by atoms with Gasteiger partial charge in [-0.3, -0.25) is 14.1 Å². The number of esters is 2. The minimum atomic E-state index is -4.75. The highest BCUT2D eigenvalue weighted by atomic mass is 31.2. The minimum Gasteiger partial charge on any atom is -0.462 e. The zero-order valence-corrected chi connectivity index (χ0v) is 32.2. The molecule has 286 valence electrons. The third-order valence-corrected chi connectivity index (χ3v) is 8.90. The lowest BCUT2D eigenvalue weighted by molar-refractivity contribution is -0.161. The zero-order chi connectivity index (χ0) is 36.1. The molecule has 0 heterocycles. The molecule has 2 N–H and O–H groups in total. The van der Waals surface area contributed by atoms with E-state index in [2.05, 4.69) is 54.8 Å². The van der Waals surface area contributed by atoms with E-state index in [1.54, 1.807) is 0 Å². The number of allylic oxidation sites excluding steroid dienone is 6. The topological polar surface area (TPSA) is 119 Å². The molecule has 0 unspecified atom stereocenters. The second-order valence-corrected chi connectivity index (χ2v) is 14.5. The van der Waals surface area contributed by atoms with Crippen LogP contribution in [0.3, 0.4) is 0 Å². The van der Waals surface area contributed by atoms with Gasteiger partial charge in [-0.25, -0.2) is 4.57 Å². The first-order chi connectivity index (χ1) is 23.8. The van der Waals surface area contributed by atoms with Gasteiger partial charge in [-0.2, -0.15) is 0 Å². The Hall–Kier alpha value is -1.73. The summed E-state index contributed by atoms with van der Waals surface area (Å²) in [5.74, 6) is -0.906. The van der Waals surface area contributed by atoms with E-state index in [1.807, 2.05) is 0 Å². The largest absolute Gasteiger partial charge is 0.469 e. The Morgan fingerprint density at radius 1 is 0.531 bits per heavy atom. The van der Waals surface area contributed by atoms with E-state index in [9.17, 15) is 14.2 Å². The summed E-state index contributed by atoms with van der Waals surface area (Å²) < 4.78 is 26.3. The van der Waals surface area contributed by atoms with Crippen LogP contribution >= 0.6 is 7.82 Å². The van der Waals surface area contributed by atoms with Crippen molar-refractivity contribution >= 4 is 19.8 Å². The molecule has 0 rings (SSSR count). The Morgan fingerprint density at radius 2 is 0.918 bits per heavy atom. The van der Waals surface area contributed by atoms with Crippen molar-refractivity contribution < 1.29 is 37.9 Å². The van der Waals surface area contributed by atoms with Gasteiger partial charge >= 0.3 is 19.8 Å². The first kappa shape index (κ1) is 47.3. The lowest BCUT2D eigenvalue weighted by Gasteiger charge is -2.18. The predicted octanol–water partition coefficient (Wildman–Crippen LogP) is 11.8. The van der Waals surface area contributed by atoms with Crippen molar-refractivity contribution in [2.45, 2.75) is 193 Å². The SMILES string of the molecule is CCCCC/C=C\C/C=C\C/C=C\CCCCCCC(=O)OC[C@H](COP(=O)(O)O)OC(=O)CCCCCCCCCCCCCCCC. The molecule has 0 aliphatic carbocycles. The van der Waals surface area contributed by atoms with E-state index in [0.717, 1.165) is 57.8 Å². The van der Waals surface area contributed by atoms with E-state index >= 15 is 0 Å².